The van der Waals surface area contributed by atoms with Gasteiger partial charge in [0.05, 0.1) is 0 Å². The summed E-state index contributed by atoms with van der Waals surface area (Å²) in [5.74, 6) is -0.422. The Balaban J connectivity index is 4.21. The SMILES string of the molecule is C\C=C/C(/C=C/C(N)=O)=C\C. The molecular weight excluding hydrogens is 138 g/mol. The van der Waals surface area contributed by atoms with Gasteiger partial charge in [0.15, 0.2) is 0 Å². The molecule has 0 saturated heterocycles. The monoisotopic (exact) mass is 151 g/mol. The maximum absolute atomic E-state index is 10.3. The van der Waals surface area contributed by atoms with Gasteiger partial charge in [-0.2, -0.15) is 0 Å². The molecule has 2 heteroatoms. The van der Waals surface area contributed by atoms with Crippen LogP contribution >= 0.6 is 0 Å². The van der Waals surface area contributed by atoms with E-state index in [0.717, 1.165) is 5.57 Å². The van der Waals surface area contributed by atoms with Crippen molar-refractivity contribution >= 4 is 5.91 Å². The van der Waals surface area contributed by atoms with Crippen LogP contribution in [0.3, 0.4) is 0 Å². The van der Waals surface area contributed by atoms with Crippen molar-refractivity contribution in [2.45, 2.75) is 13.8 Å². The zero-order valence-electron chi connectivity index (χ0n) is 6.87. The molecule has 60 valence electrons. The Morgan fingerprint density at radius 1 is 1.18 bits per heavy atom. The fourth-order valence-electron chi connectivity index (χ4n) is 0.619. The highest BCUT2D eigenvalue weighted by atomic mass is 16.1. The first kappa shape index (κ1) is 9.69. The predicted molar refractivity (Wildman–Crippen MR) is 46.9 cm³/mol. The van der Waals surface area contributed by atoms with Gasteiger partial charge in [0.1, 0.15) is 0 Å². The van der Waals surface area contributed by atoms with Crippen molar-refractivity contribution in [3.05, 3.63) is 36.0 Å². The molecule has 0 aromatic heterocycles. The molecule has 0 aromatic rings. The second-order valence-electron chi connectivity index (χ2n) is 2.02. The second kappa shape index (κ2) is 5.47. The fourth-order valence-corrected chi connectivity index (χ4v) is 0.619. The summed E-state index contributed by atoms with van der Waals surface area (Å²) in [6, 6.07) is 0. The first-order valence-corrected chi connectivity index (χ1v) is 3.47. The van der Waals surface area contributed by atoms with Crippen LogP contribution in [0.1, 0.15) is 13.8 Å². The molecule has 0 radical (unpaired) electrons. The maximum Gasteiger partial charge on any atom is 0.241 e. The van der Waals surface area contributed by atoms with E-state index < -0.39 is 5.91 Å². The lowest BCUT2D eigenvalue weighted by molar-refractivity contribution is -0.113. The molecule has 2 N–H and O–H groups in total. The van der Waals surface area contributed by atoms with Crippen molar-refractivity contribution in [2.75, 3.05) is 0 Å². The highest BCUT2D eigenvalue weighted by Gasteiger charge is 1.84. The van der Waals surface area contributed by atoms with E-state index in [1.165, 1.54) is 6.08 Å². The van der Waals surface area contributed by atoms with Crippen molar-refractivity contribution in [1.82, 2.24) is 0 Å². The largest absolute Gasteiger partial charge is 0.366 e. The summed E-state index contributed by atoms with van der Waals surface area (Å²) in [6.45, 7) is 3.82. The zero-order chi connectivity index (χ0) is 8.69. The smallest absolute Gasteiger partial charge is 0.241 e. The summed E-state index contributed by atoms with van der Waals surface area (Å²) >= 11 is 0. The molecule has 0 saturated carbocycles. The number of rotatable bonds is 3. The summed E-state index contributed by atoms with van der Waals surface area (Å²) in [5.41, 5.74) is 5.89. The van der Waals surface area contributed by atoms with Crippen LogP contribution in [0.2, 0.25) is 0 Å². The quantitative estimate of drug-likeness (QED) is 0.482. The van der Waals surface area contributed by atoms with Crippen LogP contribution in [0.5, 0.6) is 0 Å². The summed E-state index contributed by atoms with van der Waals surface area (Å²) in [4.78, 5) is 10.3. The van der Waals surface area contributed by atoms with Gasteiger partial charge in [-0.15, -0.1) is 0 Å². The average Bonchev–Trinajstić information content (AvgIpc) is 1.97. The van der Waals surface area contributed by atoms with Crippen LogP contribution in [0, 0.1) is 0 Å². The average molecular weight is 151 g/mol. The number of hydrogen-bond donors (Lipinski definition) is 1. The Morgan fingerprint density at radius 3 is 2.18 bits per heavy atom. The first-order chi connectivity index (χ1) is 5.20. The lowest BCUT2D eigenvalue weighted by Gasteiger charge is -1.88. The fraction of sp³-hybridized carbons (Fsp3) is 0.222. The highest BCUT2D eigenvalue weighted by Crippen LogP contribution is 1.97. The summed E-state index contributed by atoms with van der Waals surface area (Å²) < 4.78 is 0. The second-order valence-corrected chi connectivity index (χ2v) is 2.02. The van der Waals surface area contributed by atoms with E-state index in [-0.39, 0.29) is 0 Å². The molecule has 0 aliphatic heterocycles. The molecule has 0 spiro atoms. The molecule has 0 heterocycles. The molecule has 0 aromatic carbocycles. The van der Waals surface area contributed by atoms with E-state index in [0.29, 0.717) is 0 Å². The Morgan fingerprint density at radius 2 is 1.82 bits per heavy atom. The number of allylic oxidation sites excluding steroid dienone is 5. The normalized spacial score (nSPS) is 13.1. The minimum Gasteiger partial charge on any atom is -0.366 e. The van der Waals surface area contributed by atoms with Gasteiger partial charge in [-0.3, -0.25) is 4.79 Å². The third-order valence-electron chi connectivity index (χ3n) is 1.13. The number of nitrogens with two attached hydrogens (primary N) is 1. The van der Waals surface area contributed by atoms with Crippen LogP contribution in [-0.4, -0.2) is 5.91 Å². The van der Waals surface area contributed by atoms with Gasteiger partial charge in [0.25, 0.3) is 0 Å². The molecule has 0 bridgehead atoms. The summed E-state index contributed by atoms with van der Waals surface area (Å²) in [5, 5.41) is 0. The van der Waals surface area contributed by atoms with Gasteiger partial charge in [0, 0.05) is 6.08 Å². The van der Waals surface area contributed by atoms with Crippen LogP contribution in [0.4, 0.5) is 0 Å². The van der Waals surface area contributed by atoms with Crippen LogP contribution < -0.4 is 5.73 Å². The molecule has 0 rings (SSSR count). The molecular formula is C9H13NO. The number of amides is 1. The number of carbonyl (C=O) groups is 1. The maximum atomic E-state index is 10.3. The zero-order valence-corrected chi connectivity index (χ0v) is 6.87. The third kappa shape index (κ3) is 5.15. The van der Waals surface area contributed by atoms with E-state index in [9.17, 15) is 4.79 Å². The number of primary amides is 1. The van der Waals surface area contributed by atoms with Gasteiger partial charge >= 0.3 is 0 Å². The lowest BCUT2D eigenvalue weighted by Crippen LogP contribution is -2.05. The van der Waals surface area contributed by atoms with Crippen molar-refractivity contribution in [3.8, 4) is 0 Å². The van der Waals surface area contributed by atoms with Crippen LogP contribution in [0.15, 0.2) is 36.0 Å². The van der Waals surface area contributed by atoms with Crippen LogP contribution in [-0.2, 0) is 4.79 Å². The van der Waals surface area contributed by atoms with Gasteiger partial charge in [-0.05, 0) is 25.5 Å². The van der Waals surface area contributed by atoms with Gasteiger partial charge in [0.2, 0.25) is 5.91 Å². The topological polar surface area (TPSA) is 43.1 Å². The first-order valence-electron chi connectivity index (χ1n) is 3.47. The van der Waals surface area contributed by atoms with Gasteiger partial charge in [-0.1, -0.05) is 18.2 Å². The Bertz CT molecular complexity index is 212. The van der Waals surface area contributed by atoms with Gasteiger partial charge in [-0.25, -0.2) is 0 Å². The van der Waals surface area contributed by atoms with E-state index in [2.05, 4.69) is 0 Å². The standard InChI is InChI=1S/C9H13NO/c1-3-5-8(4-2)6-7-9(10)11/h3-7H,1-2H3,(H2,10,11)/b5-3-,7-6+,8-4+. The summed E-state index contributed by atoms with van der Waals surface area (Å²) in [7, 11) is 0. The predicted octanol–water partition coefficient (Wildman–Crippen LogP) is 1.55. The number of hydrogen-bond acceptors (Lipinski definition) is 1. The Labute approximate surface area is 67.1 Å². The van der Waals surface area contributed by atoms with Crippen LogP contribution in [0.25, 0.3) is 0 Å². The van der Waals surface area contributed by atoms with Crippen molar-refractivity contribution < 1.29 is 4.79 Å². The van der Waals surface area contributed by atoms with E-state index in [1.54, 1.807) is 6.08 Å². The van der Waals surface area contributed by atoms with Crippen molar-refractivity contribution in [3.63, 3.8) is 0 Å². The molecule has 1 amide bonds. The van der Waals surface area contributed by atoms with Crippen molar-refractivity contribution in [2.24, 2.45) is 5.73 Å². The molecule has 0 aliphatic rings. The third-order valence-corrected chi connectivity index (χ3v) is 1.13. The lowest BCUT2D eigenvalue weighted by atomic mass is 10.2. The molecule has 11 heavy (non-hydrogen) atoms. The minimum absolute atomic E-state index is 0.422. The number of carbonyl (C=O) groups excluding carboxylic acids is 1. The molecule has 0 atom stereocenters. The minimum atomic E-state index is -0.422. The van der Waals surface area contributed by atoms with E-state index in [1.807, 2.05) is 32.1 Å². The Hall–Kier alpha value is -1.31. The summed E-state index contributed by atoms with van der Waals surface area (Å²) in [6.07, 6.45) is 8.73. The molecule has 0 aliphatic carbocycles. The molecule has 0 fully saturated rings. The molecule has 0 unspecified atom stereocenters. The highest BCUT2D eigenvalue weighted by molar-refractivity contribution is 5.86. The van der Waals surface area contributed by atoms with Gasteiger partial charge < -0.3 is 5.73 Å². The Kier molecular flexibility index (Phi) is 4.82. The van der Waals surface area contributed by atoms with E-state index in [4.69, 9.17) is 5.73 Å². The molecule has 2 nitrogen and oxygen atoms in total. The van der Waals surface area contributed by atoms with E-state index >= 15 is 0 Å². The van der Waals surface area contributed by atoms with Crippen molar-refractivity contribution in [1.29, 1.82) is 0 Å².